The molecule has 3 rings (SSSR count). The van der Waals surface area contributed by atoms with Gasteiger partial charge in [-0.3, -0.25) is 4.57 Å². The molecular formula is C14H16N3O3PS. The summed E-state index contributed by atoms with van der Waals surface area (Å²) in [6, 6.07) is 4.63. The Bertz CT molecular complexity index is 791. The van der Waals surface area contributed by atoms with E-state index in [0.29, 0.717) is 11.5 Å². The highest BCUT2D eigenvalue weighted by molar-refractivity contribution is 7.99. The van der Waals surface area contributed by atoms with Gasteiger partial charge in [-0.15, -0.1) is 0 Å². The van der Waals surface area contributed by atoms with Crippen LogP contribution in [0.5, 0.6) is 0 Å². The minimum atomic E-state index is -4.26. The second kappa shape index (κ2) is 5.66. The number of anilines is 2. The van der Waals surface area contributed by atoms with Gasteiger partial charge >= 0.3 is 7.60 Å². The van der Waals surface area contributed by atoms with Crippen LogP contribution in [-0.4, -0.2) is 19.8 Å². The fourth-order valence-electron chi connectivity index (χ4n) is 2.32. The van der Waals surface area contributed by atoms with Gasteiger partial charge in [0.1, 0.15) is 5.03 Å². The van der Waals surface area contributed by atoms with Crippen molar-refractivity contribution in [1.29, 1.82) is 0 Å². The fraction of sp³-hybridized carbons (Fsp3) is 0.286. The molecule has 6 nitrogen and oxygen atoms in total. The zero-order valence-corrected chi connectivity index (χ0v) is 13.9. The summed E-state index contributed by atoms with van der Waals surface area (Å²) in [7, 11) is -4.26. The van der Waals surface area contributed by atoms with E-state index in [1.807, 2.05) is 6.92 Å². The number of aryl methyl sites for hydroxylation is 2. The van der Waals surface area contributed by atoms with Crippen LogP contribution in [0.3, 0.4) is 0 Å². The SMILES string of the molecule is CCc1nc2c(nc1CC)Sc1ccc(P(=O)(O)O)cc1N2. The number of hydrogen-bond donors (Lipinski definition) is 3. The predicted octanol–water partition coefficient (Wildman–Crippen LogP) is 2.61. The summed E-state index contributed by atoms with van der Waals surface area (Å²) < 4.78 is 11.4. The van der Waals surface area contributed by atoms with Crippen LogP contribution in [-0.2, 0) is 17.4 Å². The van der Waals surface area contributed by atoms with Crippen LogP contribution < -0.4 is 10.6 Å². The first-order valence-electron chi connectivity index (χ1n) is 6.97. The van der Waals surface area contributed by atoms with Crippen LogP contribution in [0.15, 0.2) is 28.1 Å². The summed E-state index contributed by atoms with van der Waals surface area (Å²) in [6.45, 7) is 4.09. The molecule has 0 saturated carbocycles. The number of aromatic nitrogens is 2. The zero-order chi connectivity index (χ0) is 15.9. The Hall–Kier alpha value is -1.40. The average molecular weight is 337 g/mol. The molecule has 116 valence electrons. The van der Waals surface area contributed by atoms with Crippen LogP contribution in [0.2, 0.25) is 0 Å². The van der Waals surface area contributed by atoms with E-state index in [-0.39, 0.29) is 5.30 Å². The van der Waals surface area contributed by atoms with Gasteiger partial charge < -0.3 is 15.1 Å². The molecule has 0 amide bonds. The molecule has 0 spiro atoms. The van der Waals surface area contributed by atoms with Crippen molar-refractivity contribution in [3.8, 4) is 0 Å². The van der Waals surface area contributed by atoms with Crippen molar-refractivity contribution in [2.45, 2.75) is 36.6 Å². The van der Waals surface area contributed by atoms with Gasteiger partial charge in [0.25, 0.3) is 0 Å². The molecule has 1 aliphatic rings. The van der Waals surface area contributed by atoms with Crippen LogP contribution in [0.25, 0.3) is 0 Å². The van der Waals surface area contributed by atoms with E-state index in [4.69, 9.17) is 0 Å². The lowest BCUT2D eigenvalue weighted by molar-refractivity contribution is 0.387. The molecule has 2 heterocycles. The van der Waals surface area contributed by atoms with Crippen molar-refractivity contribution in [1.82, 2.24) is 9.97 Å². The number of hydrogen-bond acceptors (Lipinski definition) is 5. The Kier molecular flexibility index (Phi) is 3.99. The third kappa shape index (κ3) is 2.77. The van der Waals surface area contributed by atoms with Gasteiger partial charge in [0.2, 0.25) is 0 Å². The minimum Gasteiger partial charge on any atom is -0.337 e. The third-order valence-corrected chi connectivity index (χ3v) is 5.45. The summed E-state index contributed by atoms with van der Waals surface area (Å²) in [5.74, 6) is 0.648. The van der Waals surface area contributed by atoms with Crippen molar-refractivity contribution >= 4 is 36.2 Å². The molecule has 3 N–H and O–H groups in total. The first kappa shape index (κ1) is 15.5. The molecule has 22 heavy (non-hydrogen) atoms. The van der Waals surface area contributed by atoms with E-state index in [2.05, 4.69) is 22.2 Å². The third-order valence-electron chi connectivity index (χ3n) is 3.45. The Labute approximate surface area is 132 Å². The average Bonchev–Trinajstić information content (AvgIpc) is 2.50. The number of nitrogens with zero attached hydrogens (tertiary/aromatic N) is 2. The first-order chi connectivity index (χ1) is 10.4. The Balaban J connectivity index is 2.04. The highest BCUT2D eigenvalue weighted by atomic mass is 32.2. The maximum Gasteiger partial charge on any atom is 0.356 e. The summed E-state index contributed by atoms with van der Waals surface area (Å²) in [4.78, 5) is 28.7. The number of benzene rings is 1. The largest absolute Gasteiger partial charge is 0.356 e. The van der Waals surface area contributed by atoms with Crippen LogP contribution >= 0.6 is 19.4 Å². The van der Waals surface area contributed by atoms with E-state index in [1.165, 1.54) is 23.9 Å². The second-order valence-electron chi connectivity index (χ2n) is 4.93. The topological polar surface area (TPSA) is 95.3 Å². The van der Waals surface area contributed by atoms with Crippen LogP contribution in [0.4, 0.5) is 11.5 Å². The molecule has 0 bridgehead atoms. The molecule has 0 aliphatic carbocycles. The van der Waals surface area contributed by atoms with Gasteiger partial charge in [-0.2, -0.15) is 0 Å². The summed E-state index contributed by atoms with van der Waals surface area (Å²) in [6.07, 6.45) is 1.62. The highest BCUT2D eigenvalue weighted by Gasteiger charge is 2.24. The van der Waals surface area contributed by atoms with E-state index in [0.717, 1.165) is 34.2 Å². The lowest BCUT2D eigenvalue weighted by atomic mass is 10.2. The predicted molar refractivity (Wildman–Crippen MR) is 86.3 cm³/mol. The Morgan fingerprint density at radius 3 is 2.50 bits per heavy atom. The van der Waals surface area contributed by atoms with Gasteiger partial charge in [-0.1, -0.05) is 25.6 Å². The van der Waals surface area contributed by atoms with E-state index in [9.17, 15) is 14.4 Å². The smallest absolute Gasteiger partial charge is 0.337 e. The summed E-state index contributed by atoms with van der Waals surface area (Å²) in [5.41, 5.74) is 2.59. The molecule has 1 aromatic carbocycles. The van der Waals surface area contributed by atoms with Gasteiger partial charge in [-0.25, -0.2) is 9.97 Å². The number of fused-ring (bicyclic) bond motifs is 2. The van der Waals surface area contributed by atoms with Gasteiger partial charge in [0.15, 0.2) is 5.82 Å². The summed E-state index contributed by atoms with van der Waals surface area (Å²) in [5, 5.41) is 3.93. The van der Waals surface area contributed by atoms with Crippen molar-refractivity contribution in [2.24, 2.45) is 0 Å². The van der Waals surface area contributed by atoms with E-state index < -0.39 is 7.60 Å². The molecule has 0 unspecified atom stereocenters. The van der Waals surface area contributed by atoms with E-state index in [1.54, 1.807) is 6.07 Å². The molecular weight excluding hydrogens is 321 g/mol. The Morgan fingerprint density at radius 1 is 1.18 bits per heavy atom. The standard InChI is InChI=1S/C14H16N3O3PS/c1-3-9-10(4-2)17-14-13(15-9)16-11-7-8(21(18,19)20)5-6-12(11)22-14/h5-7H,3-4H2,1-2H3,(H,15,16)(H2,18,19,20). The molecule has 2 aromatic rings. The van der Waals surface area contributed by atoms with Gasteiger partial charge in [-0.05, 0) is 31.0 Å². The quantitative estimate of drug-likeness (QED) is 0.632. The molecule has 0 atom stereocenters. The lowest BCUT2D eigenvalue weighted by Gasteiger charge is -2.21. The molecule has 8 heteroatoms. The van der Waals surface area contributed by atoms with E-state index >= 15 is 0 Å². The van der Waals surface area contributed by atoms with Crippen LogP contribution in [0.1, 0.15) is 25.2 Å². The maximum absolute atomic E-state index is 11.4. The lowest BCUT2D eigenvalue weighted by Crippen LogP contribution is -2.12. The molecule has 0 radical (unpaired) electrons. The number of rotatable bonds is 3. The normalized spacial score (nSPS) is 13.3. The Morgan fingerprint density at radius 2 is 1.86 bits per heavy atom. The minimum absolute atomic E-state index is 0.00310. The monoisotopic (exact) mass is 337 g/mol. The number of nitrogens with one attached hydrogen (secondary N) is 1. The first-order valence-corrected chi connectivity index (χ1v) is 9.40. The van der Waals surface area contributed by atoms with Crippen molar-refractivity contribution in [3.63, 3.8) is 0 Å². The van der Waals surface area contributed by atoms with Gasteiger partial charge in [0, 0.05) is 4.90 Å². The van der Waals surface area contributed by atoms with Crippen molar-refractivity contribution < 1.29 is 14.4 Å². The molecule has 0 fully saturated rings. The maximum atomic E-state index is 11.4. The molecule has 1 aromatic heterocycles. The van der Waals surface area contributed by atoms with Crippen molar-refractivity contribution in [2.75, 3.05) is 5.32 Å². The highest BCUT2D eigenvalue weighted by Crippen LogP contribution is 2.44. The molecule has 1 aliphatic heterocycles. The summed E-state index contributed by atoms with van der Waals surface area (Å²) >= 11 is 1.46. The zero-order valence-electron chi connectivity index (χ0n) is 12.2. The van der Waals surface area contributed by atoms with Crippen LogP contribution in [0, 0.1) is 0 Å². The molecule has 0 saturated heterocycles. The second-order valence-corrected chi connectivity index (χ2v) is 7.56. The van der Waals surface area contributed by atoms with Crippen molar-refractivity contribution in [3.05, 3.63) is 29.6 Å². The fourth-order valence-corrected chi connectivity index (χ4v) is 3.80. The van der Waals surface area contributed by atoms with Gasteiger partial charge in [0.05, 0.1) is 22.4 Å².